The summed E-state index contributed by atoms with van der Waals surface area (Å²) in [4.78, 5) is 17.2. The number of hydrogen-bond acceptors (Lipinski definition) is 9. The van der Waals surface area contributed by atoms with Gasteiger partial charge in [-0.1, -0.05) is 94.1 Å². The number of anilines is 3. The Morgan fingerprint density at radius 1 is 0.545 bits per heavy atom. The fourth-order valence-corrected chi connectivity index (χ4v) is 9.43. The van der Waals surface area contributed by atoms with Crippen molar-refractivity contribution in [1.82, 2.24) is 4.58 Å². The van der Waals surface area contributed by atoms with Crippen LogP contribution in [-0.4, -0.2) is 36.4 Å². The van der Waals surface area contributed by atoms with Crippen molar-refractivity contribution < 1.29 is 30.3 Å². The van der Waals surface area contributed by atoms with Crippen LogP contribution in [0.15, 0.2) is 162 Å². The maximum Gasteiger partial charge on any atom is 0.251 e. The number of phenols is 4. The number of carbonyl (C=O) groups excluding carboxylic acids is 1. The Labute approximate surface area is 389 Å². The molecule has 0 unspecified atom stereocenters. The smallest absolute Gasteiger partial charge is 0.251 e. The number of ketones is 1. The third-order valence-corrected chi connectivity index (χ3v) is 13.0. The third kappa shape index (κ3) is 8.59. The van der Waals surface area contributed by atoms with E-state index in [2.05, 4.69) is 130 Å². The van der Waals surface area contributed by atoms with Crippen molar-refractivity contribution in [3.05, 3.63) is 211 Å². The highest BCUT2D eigenvalue weighted by atomic mass is 32.2. The van der Waals surface area contributed by atoms with E-state index in [1.165, 1.54) is 47.4 Å². The molecule has 1 aliphatic heterocycles. The second-order valence-corrected chi connectivity index (χ2v) is 18.1. The largest absolute Gasteiger partial charge is 0.507 e. The summed E-state index contributed by atoms with van der Waals surface area (Å²) in [6, 6.07) is 42.2. The zero-order valence-corrected chi connectivity index (χ0v) is 37.8. The Morgan fingerprint density at radius 3 is 1.58 bits per heavy atom. The summed E-state index contributed by atoms with van der Waals surface area (Å²) in [7, 11) is 0. The van der Waals surface area contributed by atoms with E-state index in [1.807, 2.05) is 52.0 Å². The third-order valence-electron chi connectivity index (χ3n) is 11.1. The molecule has 0 saturated carbocycles. The number of hydrogen-bond donors (Lipinski definition) is 5. The van der Waals surface area contributed by atoms with Gasteiger partial charge in [-0.3, -0.25) is 4.79 Å². The molecule has 0 saturated heterocycles. The molecule has 322 valence electrons. The van der Waals surface area contributed by atoms with Gasteiger partial charge in [0.25, 0.3) is 5.04 Å². The molecule has 0 radical (unpaired) electrons. The molecule has 2 aliphatic rings. The van der Waals surface area contributed by atoms with Crippen molar-refractivity contribution in [3.63, 3.8) is 0 Å². The van der Waals surface area contributed by atoms with Gasteiger partial charge in [0.1, 0.15) is 33.8 Å². The number of thioether (sulfide) groups is 1. The first kappa shape index (κ1) is 43.1. The van der Waals surface area contributed by atoms with Gasteiger partial charge in [-0.05, 0) is 106 Å². The van der Waals surface area contributed by atoms with Crippen LogP contribution in [0.5, 0.6) is 23.0 Å². The van der Waals surface area contributed by atoms with E-state index < -0.39 is 34.5 Å². The van der Waals surface area contributed by atoms with Crippen LogP contribution in [0.4, 0.5) is 27.8 Å². The molecule has 66 heavy (non-hydrogen) atoms. The van der Waals surface area contributed by atoms with E-state index in [0.29, 0.717) is 0 Å². The maximum atomic E-state index is 13.6. The first-order chi connectivity index (χ1) is 31.8. The first-order valence-corrected chi connectivity index (χ1v) is 22.5. The molecule has 9 rings (SSSR count). The SMILES string of the molecule is Cc1ccc(N(c2ccc(C)cc2)c2ccc(C#Cc3cc(O)c(C4=C(O)C(=c5c(O)cc(=C=C=C6C=CC(=[N+](c7ccc(C)cc7)c7ccc(C)cc7)S6)cc5O)C4=O)c(O)c3)s2)cc1. The number of Topliss-reactive ketones (excluding diaryl/α,β-unsaturated/α-hetero) is 1. The lowest BCUT2D eigenvalue weighted by Crippen LogP contribution is -2.28. The molecule has 10 heteroatoms. The molecule has 5 N–H and O–H groups in total. The van der Waals surface area contributed by atoms with E-state index in [9.17, 15) is 30.3 Å². The Bertz CT molecular complexity index is 3360. The minimum absolute atomic E-state index is 0.273. The molecule has 2 heterocycles. The molecule has 0 spiro atoms. The molecule has 7 aromatic rings. The molecule has 0 atom stereocenters. The molecule has 1 aromatic heterocycles. The lowest BCUT2D eigenvalue weighted by molar-refractivity contribution is -0.110. The highest BCUT2D eigenvalue weighted by Gasteiger charge is 2.39. The van der Waals surface area contributed by atoms with Crippen LogP contribution >= 0.6 is 23.1 Å². The lowest BCUT2D eigenvalue weighted by Gasteiger charge is -2.23. The second kappa shape index (κ2) is 17.8. The lowest BCUT2D eigenvalue weighted by atomic mass is 9.81. The van der Waals surface area contributed by atoms with Crippen molar-refractivity contribution in [1.29, 1.82) is 0 Å². The number of aromatic hydroxyl groups is 4. The van der Waals surface area contributed by atoms with Gasteiger partial charge in [0.05, 0.1) is 31.7 Å². The van der Waals surface area contributed by atoms with Crippen LogP contribution in [0.25, 0.3) is 16.9 Å². The van der Waals surface area contributed by atoms with E-state index in [4.69, 9.17) is 0 Å². The van der Waals surface area contributed by atoms with E-state index in [-0.39, 0.29) is 32.7 Å². The molecule has 8 nitrogen and oxygen atoms in total. The van der Waals surface area contributed by atoms with Crippen molar-refractivity contribution in [2.75, 3.05) is 4.90 Å². The summed E-state index contributed by atoms with van der Waals surface area (Å²) in [5, 5.41) is 57.4. The van der Waals surface area contributed by atoms with Crippen LogP contribution < -0.4 is 19.9 Å². The standard InChI is InChI=1S/C56H40N2O6S2/c1-33-5-15-39(16-6-33)57(40-17-7-34(2)8-18-40)49-27-25-43(65-49)23-13-37-29-45(59)51(46(60)30-37)53-55(63)54(56(53)64)52-47(61)31-38(32-48(52)62)14-24-44-26-28-50(66-44)58(41-19-9-35(3)10-20-41)42-21-11-36(4)12-22-42/h5-12,15-22,25-32H,1-4H3,(H4,59,60,61,62,63,64)/p+1. The number of phenolic OH excluding ortho intramolecular Hbond substituents is 4. The number of benzene rings is 6. The zero-order valence-electron chi connectivity index (χ0n) is 36.2. The first-order valence-electron chi connectivity index (χ1n) is 20.9. The van der Waals surface area contributed by atoms with Crippen molar-refractivity contribution >= 4 is 78.6 Å². The van der Waals surface area contributed by atoms with Crippen LogP contribution in [-0.2, 0) is 4.79 Å². The van der Waals surface area contributed by atoms with Crippen LogP contribution in [0, 0.1) is 39.5 Å². The number of thiophene rings is 1. The summed E-state index contributed by atoms with van der Waals surface area (Å²) in [5.41, 5.74) is 13.9. The number of aliphatic hydroxyl groups is 1. The predicted octanol–water partition coefficient (Wildman–Crippen LogP) is 11.0. The van der Waals surface area contributed by atoms with Gasteiger partial charge in [0.2, 0.25) is 17.2 Å². The Kier molecular flexibility index (Phi) is 11.6. The van der Waals surface area contributed by atoms with Gasteiger partial charge in [0, 0.05) is 52.5 Å². The molecule has 1 aliphatic carbocycles. The zero-order chi connectivity index (χ0) is 46.2. The van der Waals surface area contributed by atoms with Crippen LogP contribution in [0.3, 0.4) is 0 Å². The number of rotatable bonds is 6. The summed E-state index contributed by atoms with van der Waals surface area (Å²) in [5.74, 6) is 2.76. The number of aliphatic hydroxyl groups excluding tert-OH is 1. The van der Waals surface area contributed by atoms with Crippen LogP contribution in [0.1, 0.15) is 38.3 Å². The Morgan fingerprint density at radius 2 is 1.06 bits per heavy atom. The predicted molar refractivity (Wildman–Crippen MR) is 267 cm³/mol. The normalized spacial score (nSPS) is 13.0. The fraction of sp³-hybridized carbons (Fsp3) is 0.0714. The van der Waals surface area contributed by atoms with E-state index >= 15 is 0 Å². The number of carbonyl (C=O) groups is 1. The topological polar surface area (TPSA) is 124 Å². The molecular formula is C56H41N2O6S2+. The van der Waals surface area contributed by atoms with Crippen molar-refractivity contribution in [3.8, 4) is 34.8 Å². The average Bonchev–Trinajstić information content (AvgIpc) is 3.97. The van der Waals surface area contributed by atoms with Gasteiger partial charge in [-0.2, -0.15) is 0 Å². The Hall–Kier alpha value is -8.15. The van der Waals surface area contributed by atoms with Gasteiger partial charge in [-0.25, -0.2) is 0 Å². The van der Waals surface area contributed by atoms with Gasteiger partial charge in [-0.15, -0.1) is 15.9 Å². The maximum absolute atomic E-state index is 13.6. The van der Waals surface area contributed by atoms with E-state index in [1.54, 1.807) is 0 Å². The van der Waals surface area contributed by atoms with Crippen molar-refractivity contribution in [2.24, 2.45) is 0 Å². The Balaban J connectivity index is 0.990. The monoisotopic (exact) mass is 901 g/mol. The number of allylic oxidation sites excluding steroid dienone is 3. The van der Waals surface area contributed by atoms with Crippen LogP contribution in [0.2, 0.25) is 0 Å². The van der Waals surface area contributed by atoms with Gasteiger partial charge in [0.15, 0.2) is 0 Å². The highest BCUT2D eigenvalue weighted by Crippen LogP contribution is 2.45. The molecule has 0 amide bonds. The summed E-state index contributed by atoms with van der Waals surface area (Å²) in [6.45, 7) is 8.18. The van der Waals surface area contributed by atoms with Gasteiger partial charge >= 0.3 is 0 Å². The van der Waals surface area contributed by atoms with E-state index in [0.717, 1.165) is 64.8 Å². The summed E-state index contributed by atoms with van der Waals surface area (Å²) in [6.07, 6.45) is 3.89. The molecule has 6 aromatic carbocycles. The minimum atomic E-state index is -0.794. The molecule has 0 fully saturated rings. The molecule has 0 bridgehead atoms. The number of aryl methyl sites for hydroxylation is 4. The van der Waals surface area contributed by atoms with Crippen molar-refractivity contribution in [2.45, 2.75) is 27.7 Å². The highest BCUT2D eigenvalue weighted by molar-refractivity contribution is 8.18. The second-order valence-electron chi connectivity index (χ2n) is 16.0. The summed E-state index contributed by atoms with van der Waals surface area (Å²) < 4.78 is 2.15. The number of nitrogens with zero attached hydrogens (tertiary/aromatic N) is 2. The minimum Gasteiger partial charge on any atom is -0.507 e. The quantitative estimate of drug-likeness (QED) is 0.0635. The summed E-state index contributed by atoms with van der Waals surface area (Å²) >= 11 is 2.96. The average molecular weight is 902 g/mol. The fourth-order valence-electron chi connectivity index (χ4n) is 7.63. The molecular weight excluding hydrogens is 861 g/mol. The van der Waals surface area contributed by atoms with Gasteiger partial charge < -0.3 is 30.4 Å².